The minimum atomic E-state index is -0.166. The molecule has 2 unspecified atom stereocenters. The Morgan fingerprint density at radius 3 is 2.15 bits per heavy atom. The van der Waals surface area contributed by atoms with Crippen molar-refractivity contribution in [3.05, 3.63) is 66.3 Å². The summed E-state index contributed by atoms with van der Waals surface area (Å²) >= 11 is 0. The fraction of sp³-hybridized carbons (Fsp3) is 0.475. The molecule has 1 aliphatic rings. The topological polar surface area (TPSA) is 78.7 Å². The molecule has 0 spiro atoms. The van der Waals surface area contributed by atoms with Crippen LogP contribution in [-0.4, -0.2) is 45.6 Å². The maximum Gasteiger partial charge on any atom is 0.168 e. The number of carbonyl (C=O) groups excluding carboxylic acids is 1. The Bertz CT molecular complexity index is 1500. The van der Waals surface area contributed by atoms with Gasteiger partial charge in [0.2, 0.25) is 0 Å². The number of benzene rings is 2. The van der Waals surface area contributed by atoms with Crippen LogP contribution in [0.2, 0.25) is 0 Å². The van der Waals surface area contributed by atoms with Gasteiger partial charge in [-0.1, -0.05) is 65.5 Å². The van der Waals surface area contributed by atoms with Gasteiger partial charge in [0, 0.05) is 53.9 Å². The fourth-order valence-electron chi connectivity index (χ4n) is 5.56. The third-order valence-corrected chi connectivity index (χ3v) is 8.98. The summed E-state index contributed by atoms with van der Waals surface area (Å²) in [4.78, 5) is 23.1. The number of hydrogen-bond donors (Lipinski definition) is 0. The molecule has 2 aromatic rings. The van der Waals surface area contributed by atoms with Crippen LogP contribution in [0.3, 0.4) is 0 Å². The number of rotatable bonds is 17. The van der Waals surface area contributed by atoms with Crippen LogP contribution < -0.4 is 18.9 Å². The number of methoxy groups -OCH3 is 2. The molecule has 0 bridgehead atoms. The molecule has 0 radical (unpaired) electrons. The molecule has 0 fully saturated rings. The van der Waals surface area contributed by atoms with Gasteiger partial charge in [0.1, 0.15) is 0 Å². The molecule has 0 saturated heterocycles. The van der Waals surface area contributed by atoms with E-state index < -0.39 is 0 Å². The third-order valence-electron chi connectivity index (χ3n) is 8.98. The summed E-state index contributed by atoms with van der Waals surface area (Å²) in [5.41, 5.74) is 6.09. The van der Waals surface area contributed by atoms with Gasteiger partial charge in [-0.2, -0.15) is 0 Å². The number of allylic oxidation sites excluding steroid dienone is 3. The number of carbonyl (C=O) groups is 1. The lowest BCUT2D eigenvalue weighted by molar-refractivity contribution is 0.0877. The highest BCUT2D eigenvalue weighted by Gasteiger charge is 2.31. The Hall–Kier alpha value is -4.13. The Kier molecular flexibility index (Phi) is 14.1. The van der Waals surface area contributed by atoms with E-state index in [-0.39, 0.29) is 29.5 Å². The zero-order valence-electron chi connectivity index (χ0n) is 29.8. The number of fused-ring (bicyclic) bond motifs is 1. The lowest BCUT2D eigenvalue weighted by atomic mass is 9.77. The van der Waals surface area contributed by atoms with Crippen molar-refractivity contribution in [2.45, 2.75) is 73.6 Å². The number of nitrogens with zero attached hydrogens (tertiary/aromatic N) is 2. The van der Waals surface area contributed by atoms with Crippen molar-refractivity contribution in [3.63, 3.8) is 0 Å². The van der Waals surface area contributed by atoms with E-state index in [1.807, 2.05) is 38.4 Å². The van der Waals surface area contributed by atoms with E-state index in [9.17, 15) is 4.79 Å². The van der Waals surface area contributed by atoms with Gasteiger partial charge >= 0.3 is 0 Å². The minimum Gasteiger partial charge on any atom is -0.493 e. The summed E-state index contributed by atoms with van der Waals surface area (Å²) in [7, 11) is 3.20. The van der Waals surface area contributed by atoms with Crippen LogP contribution in [0.1, 0.15) is 89.6 Å². The lowest BCUT2D eigenvalue weighted by Gasteiger charge is -2.28. The van der Waals surface area contributed by atoms with Crippen molar-refractivity contribution in [1.82, 2.24) is 0 Å². The van der Waals surface area contributed by atoms with E-state index in [1.54, 1.807) is 26.4 Å². The first-order valence-corrected chi connectivity index (χ1v) is 16.7. The van der Waals surface area contributed by atoms with Crippen molar-refractivity contribution in [1.29, 1.82) is 0 Å². The molecule has 1 heterocycles. The SMILES string of the molecule is C=C(CC)C[C@H](C)C=Nc1cc(OCCCOc2cc3c(cc2OC)C(=O)C(C)C(C)[C@@H](CC(=C)CC)C=N3)c(OC)cc1C(=C)C. The summed E-state index contributed by atoms with van der Waals surface area (Å²) in [6, 6.07) is 7.38. The molecule has 7 nitrogen and oxygen atoms in total. The van der Waals surface area contributed by atoms with E-state index in [0.717, 1.165) is 48.1 Å². The van der Waals surface area contributed by atoms with Gasteiger partial charge in [0.25, 0.3) is 0 Å². The first-order chi connectivity index (χ1) is 22.4. The van der Waals surface area contributed by atoms with Crippen LogP contribution >= 0.6 is 0 Å². The first-order valence-electron chi connectivity index (χ1n) is 16.7. The lowest BCUT2D eigenvalue weighted by Crippen LogP contribution is -2.28. The predicted molar refractivity (Wildman–Crippen MR) is 196 cm³/mol. The predicted octanol–water partition coefficient (Wildman–Crippen LogP) is 10.4. The van der Waals surface area contributed by atoms with Crippen LogP contribution in [0.15, 0.2) is 65.1 Å². The molecule has 0 aromatic heterocycles. The Balaban J connectivity index is 1.74. The molecule has 2 aromatic carbocycles. The molecule has 3 rings (SSSR count). The maximum atomic E-state index is 13.5. The second-order valence-electron chi connectivity index (χ2n) is 12.7. The Morgan fingerprint density at radius 2 is 1.55 bits per heavy atom. The third kappa shape index (κ3) is 9.93. The van der Waals surface area contributed by atoms with Gasteiger partial charge < -0.3 is 18.9 Å². The van der Waals surface area contributed by atoms with Crippen molar-refractivity contribution in [3.8, 4) is 23.0 Å². The Labute approximate surface area is 282 Å². The highest BCUT2D eigenvalue weighted by atomic mass is 16.5. The summed E-state index contributed by atoms with van der Waals surface area (Å²) in [5.74, 6) is 2.68. The van der Waals surface area contributed by atoms with Crippen LogP contribution in [-0.2, 0) is 0 Å². The number of ketones is 1. The summed E-state index contributed by atoms with van der Waals surface area (Å²) < 4.78 is 23.6. The van der Waals surface area contributed by atoms with Gasteiger partial charge in [-0.15, -0.1) is 0 Å². The quantitative estimate of drug-likeness (QED) is 0.0975. The minimum absolute atomic E-state index is 0.0610. The van der Waals surface area contributed by atoms with Crippen molar-refractivity contribution in [2.75, 3.05) is 27.4 Å². The van der Waals surface area contributed by atoms with Crippen molar-refractivity contribution < 1.29 is 23.7 Å². The summed E-state index contributed by atoms with van der Waals surface area (Å²) in [5, 5.41) is 0. The molecule has 254 valence electrons. The highest BCUT2D eigenvalue weighted by molar-refractivity contribution is 6.04. The number of Topliss-reactive ketones (excluding diaryl/α,β-unsaturated/α-hetero) is 1. The zero-order chi connectivity index (χ0) is 34.7. The van der Waals surface area contributed by atoms with Crippen molar-refractivity contribution >= 4 is 35.2 Å². The maximum absolute atomic E-state index is 13.5. The number of hydrogen-bond acceptors (Lipinski definition) is 7. The molecule has 4 atom stereocenters. The van der Waals surface area contributed by atoms with Crippen LogP contribution in [0.5, 0.6) is 23.0 Å². The summed E-state index contributed by atoms with van der Waals surface area (Å²) in [6.45, 7) is 25.6. The molecular weight excluding hydrogens is 588 g/mol. The summed E-state index contributed by atoms with van der Waals surface area (Å²) in [6.07, 6.45) is 8.11. The fourth-order valence-corrected chi connectivity index (χ4v) is 5.56. The van der Waals surface area contributed by atoms with Gasteiger partial charge in [-0.05, 0) is 62.1 Å². The van der Waals surface area contributed by atoms with Gasteiger partial charge in [0.05, 0.1) is 38.8 Å². The molecular formula is C40H54N2O5. The van der Waals surface area contributed by atoms with Crippen molar-refractivity contribution in [2.24, 2.45) is 33.7 Å². The molecule has 0 aliphatic carbocycles. The smallest absolute Gasteiger partial charge is 0.168 e. The molecule has 7 heteroatoms. The standard InChI is InChI=1S/C40H54N2O5/c1-12-26(5)17-28(7)23-41-34-21-38(36(44-10)19-32(34)25(3)4)46-15-14-16-47-39-22-35-33(20-37(39)45-11)40(43)30(9)29(8)31(24-42-35)18-27(6)13-2/h19-24,28-31H,3,5-6,12-18H2,1-2,4,7-11H3/t28-,29?,30?,31-/m0/s1. The van der Waals surface area contributed by atoms with E-state index in [2.05, 4.69) is 47.4 Å². The number of aliphatic imine (C=N–C) groups is 2. The van der Waals surface area contributed by atoms with E-state index >= 15 is 0 Å². The molecule has 0 saturated carbocycles. The van der Waals surface area contributed by atoms with Crippen LogP contribution in [0, 0.1) is 23.7 Å². The molecule has 1 aliphatic heterocycles. The Morgan fingerprint density at radius 1 is 0.936 bits per heavy atom. The van der Waals surface area contributed by atoms with Crippen LogP contribution in [0.4, 0.5) is 11.4 Å². The number of ether oxygens (including phenoxy) is 4. The normalized spacial score (nSPS) is 18.2. The monoisotopic (exact) mass is 642 g/mol. The van der Waals surface area contributed by atoms with E-state index in [1.165, 1.54) is 5.57 Å². The molecule has 47 heavy (non-hydrogen) atoms. The molecule has 0 amide bonds. The average Bonchev–Trinajstić information content (AvgIpc) is 3.06. The average molecular weight is 643 g/mol. The highest BCUT2D eigenvalue weighted by Crippen LogP contribution is 2.41. The second-order valence-corrected chi connectivity index (χ2v) is 12.7. The van der Waals surface area contributed by atoms with Crippen LogP contribution in [0.25, 0.3) is 5.57 Å². The van der Waals surface area contributed by atoms with Gasteiger partial charge in [0.15, 0.2) is 28.8 Å². The zero-order valence-corrected chi connectivity index (χ0v) is 29.8. The van der Waals surface area contributed by atoms with Gasteiger partial charge in [-0.25, -0.2) is 0 Å². The second kappa shape index (κ2) is 17.7. The molecule has 0 N–H and O–H groups in total. The first kappa shape index (κ1) is 37.3. The van der Waals surface area contributed by atoms with E-state index in [0.29, 0.717) is 53.9 Å². The largest absolute Gasteiger partial charge is 0.493 e. The van der Waals surface area contributed by atoms with Gasteiger partial charge in [-0.3, -0.25) is 14.8 Å². The van der Waals surface area contributed by atoms with E-state index in [4.69, 9.17) is 28.9 Å².